The van der Waals surface area contributed by atoms with Crippen LogP contribution in [0.4, 0.5) is 0 Å². The molecule has 1 aromatic rings. The zero-order valence-corrected chi connectivity index (χ0v) is 9.38. The molecule has 0 bridgehead atoms. The Bertz CT molecular complexity index is 314. The summed E-state index contributed by atoms with van der Waals surface area (Å²) in [5.74, 6) is 0. The molecule has 0 aliphatic carbocycles. The number of aliphatic hydroxyl groups excluding tert-OH is 4. The van der Waals surface area contributed by atoms with Gasteiger partial charge in [-0.1, -0.05) is 23.7 Å². The molecular weight excluding hydrogens is 232 g/mol. The Morgan fingerprint density at radius 1 is 1.00 bits per heavy atom. The SMILES string of the molecule is OC[C@@H](O)[C@H](O)[C@@H](O)Cc1ccc(Cl)cc1. The van der Waals surface area contributed by atoms with E-state index in [-0.39, 0.29) is 6.42 Å². The summed E-state index contributed by atoms with van der Waals surface area (Å²) in [7, 11) is 0. The highest BCUT2D eigenvalue weighted by Crippen LogP contribution is 2.13. The van der Waals surface area contributed by atoms with Crippen molar-refractivity contribution in [1.29, 1.82) is 0 Å². The van der Waals surface area contributed by atoms with Gasteiger partial charge in [-0.05, 0) is 17.7 Å². The third-order valence-electron chi connectivity index (χ3n) is 2.33. The Morgan fingerprint density at radius 2 is 1.56 bits per heavy atom. The van der Waals surface area contributed by atoms with E-state index >= 15 is 0 Å². The highest BCUT2D eigenvalue weighted by Gasteiger charge is 2.23. The average molecular weight is 247 g/mol. The number of aliphatic hydroxyl groups is 4. The second kappa shape index (κ2) is 6.18. The van der Waals surface area contributed by atoms with Crippen molar-refractivity contribution in [2.75, 3.05) is 6.61 Å². The van der Waals surface area contributed by atoms with Crippen LogP contribution in [0, 0.1) is 0 Å². The fourth-order valence-electron chi connectivity index (χ4n) is 1.35. The van der Waals surface area contributed by atoms with Crippen LogP contribution in [-0.4, -0.2) is 45.3 Å². The van der Waals surface area contributed by atoms with Crippen LogP contribution in [-0.2, 0) is 6.42 Å². The van der Waals surface area contributed by atoms with Crippen LogP contribution < -0.4 is 0 Å². The molecule has 0 radical (unpaired) electrons. The summed E-state index contributed by atoms with van der Waals surface area (Å²) in [4.78, 5) is 0. The van der Waals surface area contributed by atoms with Gasteiger partial charge in [0.2, 0.25) is 0 Å². The molecule has 5 heteroatoms. The largest absolute Gasteiger partial charge is 0.394 e. The number of rotatable bonds is 5. The van der Waals surface area contributed by atoms with Gasteiger partial charge in [0.05, 0.1) is 12.7 Å². The standard InChI is InChI=1S/C11H15ClO4/c12-8-3-1-7(2-4-8)5-9(14)11(16)10(15)6-13/h1-4,9-11,13-16H,5-6H2/t9-,10+,11+/m0/s1. The fraction of sp³-hybridized carbons (Fsp3) is 0.455. The quantitative estimate of drug-likeness (QED) is 0.588. The van der Waals surface area contributed by atoms with Gasteiger partial charge in [-0.15, -0.1) is 0 Å². The van der Waals surface area contributed by atoms with Gasteiger partial charge >= 0.3 is 0 Å². The summed E-state index contributed by atoms with van der Waals surface area (Å²) < 4.78 is 0. The Labute approximate surface area is 98.7 Å². The molecule has 90 valence electrons. The van der Waals surface area contributed by atoms with Crippen LogP contribution in [0.5, 0.6) is 0 Å². The second-order valence-corrected chi connectivity index (χ2v) is 4.07. The van der Waals surface area contributed by atoms with Crippen molar-refractivity contribution in [3.8, 4) is 0 Å². The molecule has 0 aliphatic rings. The van der Waals surface area contributed by atoms with E-state index in [2.05, 4.69) is 0 Å². The van der Waals surface area contributed by atoms with Crippen LogP contribution in [0.25, 0.3) is 0 Å². The minimum atomic E-state index is -1.36. The molecule has 0 saturated carbocycles. The summed E-state index contributed by atoms with van der Waals surface area (Å²) in [5, 5.41) is 37.4. The maximum absolute atomic E-state index is 9.59. The highest BCUT2D eigenvalue weighted by molar-refractivity contribution is 6.30. The van der Waals surface area contributed by atoms with E-state index in [4.69, 9.17) is 21.8 Å². The first-order chi connectivity index (χ1) is 7.54. The Morgan fingerprint density at radius 3 is 2.06 bits per heavy atom. The maximum Gasteiger partial charge on any atom is 0.108 e. The Balaban J connectivity index is 2.56. The molecule has 4 nitrogen and oxygen atoms in total. The van der Waals surface area contributed by atoms with Gasteiger partial charge in [0.15, 0.2) is 0 Å². The lowest BCUT2D eigenvalue weighted by molar-refractivity contribution is -0.0755. The Hall–Kier alpha value is -0.650. The zero-order valence-electron chi connectivity index (χ0n) is 8.62. The van der Waals surface area contributed by atoms with Crippen molar-refractivity contribution in [2.45, 2.75) is 24.7 Å². The van der Waals surface area contributed by atoms with Crippen LogP contribution in [0.3, 0.4) is 0 Å². The van der Waals surface area contributed by atoms with Gasteiger partial charge in [-0.3, -0.25) is 0 Å². The molecule has 0 heterocycles. The number of hydrogen-bond donors (Lipinski definition) is 4. The van der Waals surface area contributed by atoms with Crippen molar-refractivity contribution < 1.29 is 20.4 Å². The van der Waals surface area contributed by atoms with Gasteiger partial charge < -0.3 is 20.4 Å². The third kappa shape index (κ3) is 3.73. The molecule has 0 aliphatic heterocycles. The maximum atomic E-state index is 9.59. The van der Waals surface area contributed by atoms with Gasteiger partial charge in [-0.2, -0.15) is 0 Å². The smallest absolute Gasteiger partial charge is 0.108 e. The number of hydrogen-bond acceptors (Lipinski definition) is 4. The van der Waals surface area contributed by atoms with E-state index in [0.717, 1.165) is 5.56 Å². The average Bonchev–Trinajstić information content (AvgIpc) is 2.30. The van der Waals surface area contributed by atoms with E-state index in [0.29, 0.717) is 5.02 Å². The van der Waals surface area contributed by atoms with E-state index in [9.17, 15) is 10.2 Å². The number of halogens is 1. The molecule has 0 spiro atoms. The summed E-state index contributed by atoms with van der Waals surface area (Å²) in [6.45, 7) is -0.584. The molecule has 0 aromatic heterocycles. The molecule has 1 rings (SSSR count). The summed E-state index contributed by atoms with van der Waals surface area (Å²) in [6.07, 6.45) is -3.62. The van der Waals surface area contributed by atoms with Crippen LogP contribution in [0.2, 0.25) is 5.02 Å². The van der Waals surface area contributed by atoms with Gasteiger partial charge in [0.1, 0.15) is 12.2 Å². The van der Waals surface area contributed by atoms with Crippen LogP contribution in [0.15, 0.2) is 24.3 Å². The van der Waals surface area contributed by atoms with E-state index < -0.39 is 24.9 Å². The zero-order chi connectivity index (χ0) is 12.1. The monoisotopic (exact) mass is 246 g/mol. The third-order valence-corrected chi connectivity index (χ3v) is 2.59. The van der Waals surface area contributed by atoms with Crippen molar-refractivity contribution >= 4 is 11.6 Å². The normalized spacial score (nSPS) is 16.8. The van der Waals surface area contributed by atoms with Crippen molar-refractivity contribution in [2.24, 2.45) is 0 Å². The van der Waals surface area contributed by atoms with Gasteiger partial charge in [0.25, 0.3) is 0 Å². The van der Waals surface area contributed by atoms with Crippen LogP contribution in [0.1, 0.15) is 5.56 Å². The predicted molar refractivity (Wildman–Crippen MR) is 60.3 cm³/mol. The summed E-state index contributed by atoms with van der Waals surface area (Å²) >= 11 is 5.70. The molecule has 0 fully saturated rings. The highest BCUT2D eigenvalue weighted by atomic mass is 35.5. The summed E-state index contributed by atoms with van der Waals surface area (Å²) in [6, 6.07) is 6.81. The molecule has 1 aromatic carbocycles. The molecule has 3 atom stereocenters. The first-order valence-electron chi connectivity index (χ1n) is 4.94. The lowest BCUT2D eigenvalue weighted by atomic mass is 10.0. The lowest BCUT2D eigenvalue weighted by Gasteiger charge is -2.21. The molecule has 0 amide bonds. The lowest BCUT2D eigenvalue weighted by Crippen LogP contribution is -2.40. The van der Waals surface area contributed by atoms with E-state index in [1.54, 1.807) is 24.3 Å². The number of benzene rings is 1. The van der Waals surface area contributed by atoms with Gasteiger partial charge in [0, 0.05) is 11.4 Å². The molecule has 0 unspecified atom stereocenters. The first-order valence-corrected chi connectivity index (χ1v) is 5.32. The molecule has 0 saturated heterocycles. The van der Waals surface area contributed by atoms with Crippen molar-refractivity contribution in [3.63, 3.8) is 0 Å². The second-order valence-electron chi connectivity index (χ2n) is 3.64. The molecular formula is C11H15ClO4. The topological polar surface area (TPSA) is 80.9 Å². The molecule has 4 N–H and O–H groups in total. The molecule has 16 heavy (non-hydrogen) atoms. The Kier molecular flexibility index (Phi) is 5.18. The van der Waals surface area contributed by atoms with Crippen LogP contribution >= 0.6 is 11.6 Å². The minimum absolute atomic E-state index is 0.190. The van der Waals surface area contributed by atoms with E-state index in [1.165, 1.54) is 0 Å². The minimum Gasteiger partial charge on any atom is -0.394 e. The fourth-order valence-corrected chi connectivity index (χ4v) is 1.47. The van der Waals surface area contributed by atoms with Gasteiger partial charge in [-0.25, -0.2) is 0 Å². The van der Waals surface area contributed by atoms with Crippen molar-refractivity contribution in [1.82, 2.24) is 0 Å². The predicted octanol–water partition coefficient (Wildman–Crippen LogP) is -0.0425. The summed E-state index contributed by atoms with van der Waals surface area (Å²) in [5.41, 5.74) is 0.793. The van der Waals surface area contributed by atoms with E-state index in [1.807, 2.05) is 0 Å². The van der Waals surface area contributed by atoms with Crippen molar-refractivity contribution in [3.05, 3.63) is 34.9 Å². The first kappa shape index (κ1) is 13.4.